The number of piperidine rings is 1. The van der Waals surface area contributed by atoms with E-state index in [1.807, 2.05) is 5.38 Å². The molecule has 7 nitrogen and oxygen atoms in total. The summed E-state index contributed by atoms with van der Waals surface area (Å²) < 4.78 is 35.1. The molecule has 1 aliphatic heterocycles. The number of methoxy groups -OCH3 is 1. The lowest BCUT2D eigenvalue weighted by atomic mass is 9.94. The Bertz CT molecular complexity index is 1030. The van der Waals surface area contributed by atoms with E-state index in [0.717, 1.165) is 6.42 Å². The summed E-state index contributed by atoms with van der Waals surface area (Å²) in [6, 6.07) is 4.43. The number of nitrogens with zero attached hydrogens (tertiary/aromatic N) is 3. The molecule has 1 aromatic carbocycles. The molecule has 28 heavy (non-hydrogen) atoms. The maximum atomic E-state index is 13.3. The fourth-order valence-electron chi connectivity index (χ4n) is 3.54. The minimum Gasteiger partial charge on any atom is -0.495 e. The Balaban J connectivity index is 2.02. The van der Waals surface area contributed by atoms with Gasteiger partial charge in [0.05, 0.1) is 7.11 Å². The van der Waals surface area contributed by atoms with Crippen molar-refractivity contribution in [3.05, 3.63) is 40.1 Å². The quantitative estimate of drug-likeness (QED) is 0.757. The SMILES string of the molecule is COc1ccc(C(=O)N=c2sccn2C)cc1S(=O)(=O)N1CC(C)CC(C)C1. The number of amides is 1. The molecule has 2 unspecified atom stereocenters. The standard InChI is InChI=1S/C19H25N3O4S2/c1-13-9-14(2)12-22(11-13)28(24,25)17-10-15(5-6-16(17)26-4)18(23)20-19-21(3)7-8-27-19/h5-8,10,13-14H,9,11-12H2,1-4H3. The summed E-state index contributed by atoms with van der Waals surface area (Å²) in [5.74, 6) is 0.299. The van der Waals surface area contributed by atoms with Gasteiger partial charge >= 0.3 is 0 Å². The smallest absolute Gasteiger partial charge is 0.279 e. The lowest BCUT2D eigenvalue weighted by molar-refractivity contribution is 0.0997. The Morgan fingerprint density at radius 2 is 1.93 bits per heavy atom. The van der Waals surface area contributed by atoms with E-state index in [0.29, 0.717) is 17.9 Å². The average Bonchev–Trinajstić information content (AvgIpc) is 3.05. The van der Waals surface area contributed by atoms with Crippen LogP contribution in [0.1, 0.15) is 30.6 Å². The molecular weight excluding hydrogens is 398 g/mol. The number of sulfonamides is 1. The van der Waals surface area contributed by atoms with Crippen molar-refractivity contribution < 1.29 is 17.9 Å². The van der Waals surface area contributed by atoms with Crippen LogP contribution < -0.4 is 9.54 Å². The zero-order valence-corrected chi connectivity index (χ0v) is 18.1. The molecule has 1 fully saturated rings. The van der Waals surface area contributed by atoms with Crippen LogP contribution in [-0.2, 0) is 17.1 Å². The summed E-state index contributed by atoms with van der Waals surface area (Å²) in [5, 5.41) is 1.83. The van der Waals surface area contributed by atoms with E-state index >= 15 is 0 Å². The Kier molecular flexibility index (Phi) is 6.07. The van der Waals surface area contributed by atoms with Gasteiger partial charge in [-0.25, -0.2) is 8.42 Å². The molecule has 9 heteroatoms. The number of carbonyl (C=O) groups excluding carboxylic acids is 1. The molecule has 2 aromatic rings. The summed E-state index contributed by atoms with van der Waals surface area (Å²) >= 11 is 1.34. The molecule has 152 valence electrons. The predicted octanol–water partition coefficient (Wildman–Crippen LogP) is 2.50. The van der Waals surface area contributed by atoms with Crippen LogP contribution in [0.3, 0.4) is 0 Å². The number of aromatic nitrogens is 1. The molecule has 2 heterocycles. The number of thiazole rings is 1. The Hall–Kier alpha value is -1.97. The highest BCUT2D eigenvalue weighted by atomic mass is 32.2. The van der Waals surface area contributed by atoms with Gasteiger partial charge in [-0.3, -0.25) is 4.79 Å². The number of ether oxygens (including phenoxy) is 1. The molecule has 1 aromatic heterocycles. The highest BCUT2D eigenvalue weighted by Crippen LogP contribution is 2.32. The molecule has 1 amide bonds. The molecule has 0 aliphatic carbocycles. The Labute approximate surface area is 169 Å². The van der Waals surface area contributed by atoms with E-state index in [9.17, 15) is 13.2 Å². The number of hydrogen-bond donors (Lipinski definition) is 0. The van der Waals surface area contributed by atoms with Crippen molar-refractivity contribution in [2.75, 3.05) is 20.2 Å². The molecule has 0 N–H and O–H groups in total. The van der Waals surface area contributed by atoms with Crippen molar-refractivity contribution in [1.29, 1.82) is 0 Å². The van der Waals surface area contributed by atoms with Crippen LogP contribution in [0.4, 0.5) is 0 Å². The van der Waals surface area contributed by atoms with E-state index < -0.39 is 15.9 Å². The predicted molar refractivity (Wildman–Crippen MR) is 108 cm³/mol. The minimum absolute atomic E-state index is 0.00732. The molecule has 0 radical (unpaired) electrons. The molecule has 0 saturated carbocycles. The second-order valence-corrected chi connectivity index (χ2v) is 10.1. The largest absolute Gasteiger partial charge is 0.495 e. The van der Waals surface area contributed by atoms with Crippen LogP contribution in [0.25, 0.3) is 0 Å². The maximum Gasteiger partial charge on any atom is 0.279 e. The van der Waals surface area contributed by atoms with E-state index in [1.54, 1.807) is 23.9 Å². The van der Waals surface area contributed by atoms with Crippen molar-refractivity contribution in [2.45, 2.75) is 25.2 Å². The number of carbonyl (C=O) groups is 1. The monoisotopic (exact) mass is 423 g/mol. The summed E-state index contributed by atoms with van der Waals surface area (Å²) in [5.41, 5.74) is 0.214. The zero-order valence-electron chi connectivity index (χ0n) is 16.5. The van der Waals surface area contributed by atoms with Gasteiger partial charge < -0.3 is 9.30 Å². The van der Waals surface area contributed by atoms with Gasteiger partial charge in [0.15, 0.2) is 4.80 Å². The summed E-state index contributed by atoms with van der Waals surface area (Å²) in [6.07, 6.45) is 2.80. The van der Waals surface area contributed by atoms with Crippen molar-refractivity contribution in [2.24, 2.45) is 23.9 Å². The van der Waals surface area contributed by atoms with Crippen LogP contribution in [-0.4, -0.2) is 43.4 Å². The highest BCUT2D eigenvalue weighted by molar-refractivity contribution is 7.89. The van der Waals surface area contributed by atoms with Crippen LogP contribution >= 0.6 is 11.3 Å². The molecule has 0 spiro atoms. The molecule has 0 bridgehead atoms. The molecular formula is C19H25N3O4S2. The lowest BCUT2D eigenvalue weighted by Gasteiger charge is -2.34. The van der Waals surface area contributed by atoms with E-state index in [4.69, 9.17) is 4.74 Å². The summed E-state index contributed by atoms with van der Waals surface area (Å²) in [4.78, 5) is 17.3. The van der Waals surface area contributed by atoms with Gasteiger partial charge in [-0.1, -0.05) is 13.8 Å². The Morgan fingerprint density at radius 3 is 2.50 bits per heavy atom. The van der Waals surface area contributed by atoms with E-state index in [-0.39, 0.29) is 28.0 Å². The molecule has 1 aliphatic rings. The number of benzene rings is 1. The van der Waals surface area contributed by atoms with Gasteiger partial charge in [-0.2, -0.15) is 9.30 Å². The zero-order chi connectivity index (χ0) is 20.5. The van der Waals surface area contributed by atoms with E-state index in [2.05, 4.69) is 18.8 Å². The van der Waals surface area contributed by atoms with E-state index in [1.165, 1.54) is 34.9 Å². The van der Waals surface area contributed by atoms with Crippen LogP contribution in [0.2, 0.25) is 0 Å². The average molecular weight is 424 g/mol. The first-order valence-corrected chi connectivity index (χ1v) is 11.4. The van der Waals surface area contributed by atoms with Gasteiger partial charge in [-0.15, -0.1) is 11.3 Å². The van der Waals surface area contributed by atoms with Gasteiger partial charge in [0.25, 0.3) is 5.91 Å². The van der Waals surface area contributed by atoms with Crippen molar-refractivity contribution in [3.8, 4) is 5.75 Å². The fourth-order valence-corrected chi connectivity index (χ4v) is 6.13. The van der Waals surface area contributed by atoms with Gasteiger partial charge in [0.2, 0.25) is 10.0 Å². The topological polar surface area (TPSA) is 81.0 Å². The fraction of sp³-hybridized carbons (Fsp3) is 0.474. The number of aryl methyl sites for hydroxylation is 1. The number of hydrogen-bond acceptors (Lipinski definition) is 5. The van der Waals surface area contributed by atoms with Crippen molar-refractivity contribution in [3.63, 3.8) is 0 Å². The molecule has 3 rings (SSSR count). The summed E-state index contributed by atoms with van der Waals surface area (Å²) in [7, 11) is -0.564. The third-order valence-corrected chi connectivity index (χ3v) is 7.52. The lowest BCUT2D eigenvalue weighted by Crippen LogP contribution is -2.42. The van der Waals surface area contributed by atoms with Crippen LogP contribution in [0.15, 0.2) is 39.7 Å². The van der Waals surface area contributed by atoms with Gasteiger partial charge in [-0.05, 0) is 36.5 Å². The molecule has 1 saturated heterocycles. The highest BCUT2D eigenvalue weighted by Gasteiger charge is 2.34. The van der Waals surface area contributed by atoms with Crippen molar-refractivity contribution in [1.82, 2.24) is 8.87 Å². The number of rotatable bonds is 4. The Morgan fingerprint density at radius 1 is 1.25 bits per heavy atom. The maximum absolute atomic E-state index is 13.3. The van der Waals surface area contributed by atoms with Crippen molar-refractivity contribution >= 4 is 27.3 Å². The minimum atomic E-state index is -3.78. The second-order valence-electron chi connectivity index (χ2n) is 7.35. The van der Waals surface area contributed by atoms with Gasteiger partial charge in [0, 0.05) is 37.3 Å². The first-order chi connectivity index (χ1) is 13.2. The normalized spacial score (nSPS) is 21.6. The second kappa shape index (κ2) is 8.18. The van der Waals surface area contributed by atoms with Gasteiger partial charge in [0.1, 0.15) is 10.6 Å². The molecule has 2 atom stereocenters. The first kappa shape index (κ1) is 20.8. The van der Waals surface area contributed by atoms with Crippen LogP contribution in [0, 0.1) is 11.8 Å². The summed E-state index contributed by atoms with van der Waals surface area (Å²) in [6.45, 7) is 5.03. The third-order valence-electron chi connectivity index (χ3n) is 4.82. The third kappa shape index (κ3) is 4.21. The first-order valence-electron chi connectivity index (χ1n) is 9.09. The van der Waals surface area contributed by atoms with Crippen LogP contribution in [0.5, 0.6) is 5.75 Å².